The Morgan fingerprint density at radius 1 is 1.00 bits per heavy atom. The van der Waals surface area contributed by atoms with Gasteiger partial charge in [-0.3, -0.25) is 4.99 Å². The summed E-state index contributed by atoms with van der Waals surface area (Å²) < 4.78 is 5.31. The van der Waals surface area contributed by atoms with Crippen LogP contribution >= 0.6 is 24.0 Å². The van der Waals surface area contributed by atoms with E-state index in [1.165, 1.54) is 37.7 Å². The molecule has 2 rings (SSSR count). The van der Waals surface area contributed by atoms with E-state index in [2.05, 4.69) is 62.3 Å². The van der Waals surface area contributed by atoms with E-state index in [0.29, 0.717) is 0 Å². The van der Waals surface area contributed by atoms with Crippen LogP contribution in [0.3, 0.4) is 0 Å². The van der Waals surface area contributed by atoms with E-state index in [9.17, 15) is 0 Å². The Morgan fingerprint density at radius 2 is 1.54 bits per heavy atom. The minimum Gasteiger partial charge on any atom is -0.497 e. The largest absolute Gasteiger partial charge is 0.497 e. The summed E-state index contributed by atoms with van der Waals surface area (Å²) in [6.45, 7) is 0.852. The maximum Gasteiger partial charge on any atom is 0.195 e. The molecule has 136 valence electrons. The smallest absolute Gasteiger partial charge is 0.195 e. The number of methoxy groups -OCH3 is 1. The normalized spacial score (nSPS) is 15.9. The number of benzene rings is 1. The van der Waals surface area contributed by atoms with Crippen LogP contribution in [0.1, 0.15) is 37.7 Å². The van der Waals surface area contributed by atoms with Crippen molar-refractivity contribution in [3.05, 3.63) is 29.8 Å². The van der Waals surface area contributed by atoms with Crippen molar-refractivity contribution in [3.63, 3.8) is 0 Å². The van der Waals surface area contributed by atoms with Crippen LogP contribution in [-0.2, 0) is 5.41 Å². The van der Waals surface area contributed by atoms with Crippen molar-refractivity contribution >= 4 is 29.9 Å². The summed E-state index contributed by atoms with van der Waals surface area (Å²) in [5.41, 5.74) is 1.57. The van der Waals surface area contributed by atoms with Crippen LogP contribution < -0.4 is 4.74 Å². The molecule has 0 radical (unpaired) electrons. The molecule has 0 heterocycles. The fourth-order valence-electron chi connectivity index (χ4n) is 3.62. The van der Waals surface area contributed by atoms with E-state index in [-0.39, 0.29) is 29.4 Å². The second-order valence-corrected chi connectivity index (χ2v) is 6.97. The van der Waals surface area contributed by atoms with Crippen LogP contribution in [0, 0.1) is 0 Å². The lowest BCUT2D eigenvalue weighted by Crippen LogP contribution is -2.38. The molecule has 0 aliphatic heterocycles. The van der Waals surface area contributed by atoms with Crippen molar-refractivity contribution in [2.24, 2.45) is 4.99 Å². The first-order chi connectivity index (χ1) is 11.0. The second kappa shape index (κ2) is 9.49. The lowest BCUT2D eigenvalue weighted by molar-refractivity contribution is 0.298. The second-order valence-electron chi connectivity index (χ2n) is 6.97. The predicted octanol–water partition coefficient (Wildman–Crippen LogP) is 3.99. The third kappa shape index (κ3) is 5.01. The molecule has 24 heavy (non-hydrogen) atoms. The van der Waals surface area contributed by atoms with Gasteiger partial charge in [0.15, 0.2) is 5.96 Å². The first-order valence-electron chi connectivity index (χ1n) is 8.52. The number of guanidine groups is 1. The van der Waals surface area contributed by atoms with Crippen molar-refractivity contribution in [3.8, 4) is 5.75 Å². The van der Waals surface area contributed by atoms with Gasteiger partial charge in [-0.15, -0.1) is 24.0 Å². The molecule has 1 aromatic carbocycles. The quantitative estimate of drug-likeness (QED) is 0.399. The Balaban J connectivity index is 0.00000288. The molecule has 1 saturated carbocycles. The highest BCUT2D eigenvalue weighted by molar-refractivity contribution is 14.0. The number of aliphatic imine (C=N–C) groups is 1. The zero-order chi connectivity index (χ0) is 16.9. The number of ether oxygens (including phenoxy) is 1. The summed E-state index contributed by atoms with van der Waals surface area (Å²) in [4.78, 5) is 9.15. The summed E-state index contributed by atoms with van der Waals surface area (Å²) in [7, 11) is 9.94. The summed E-state index contributed by atoms with van der Waals surface area (Å²) >= 11 is 0. The van der Waals surface area contributed by atoms with Gasteiger partial charge in [0.1, 0.15) is 5.75 Å². The van der Waals surface area contributed by atoms with E-state index < -0.39 is 0 Å². The summed E-state index contributed by atoms with van der Waals surface area (Å²) in [5.74, 6) is 1.95. The van der Waals surface area contributed by atoms with Crippen molar-refractivity contribution in [1.82, 2.24) is 9.80 Å². The molecule has 0 atom stereocenters. The molecule has 4 nitrogen and oxygen atoms in total. The molecule has 0 N–H and O–H groups in total. The summed E-state index contributed by atoms with van der Waals surface area (Å²) in [5, 5.41) is 0. The highest BCUT2D eigenvalue weighted by Gasteiger charge is 2.34. The molecule has 1 aliphatic carbocycles. The Hall–Kier alpha value is -0.980. The van der Waals surface area contributed by atoms with Gasteiger partial charge in [0.05, 0.1) is 13.7 Å². The molecule has 0 spiro atoms. The highest BCUT2D eigenvalue weighted by Crippen LogP contribution is 2.40. The van der Waals surface area contributed by atoms with E-state index in [0.717, 1.165) is 18.3 Å². The average Bonchev–Trinajstić information content (AvgIpc) is 2.55. The zero-order valence-electron chi connectivity index (χ0n) is 15.7. The monoisotopic (exact) mass is 445 g/mol. The lowest BCUT2D eigenvalue weighted by Gasteiger charge is -2.37. The lowest BCUT2D eigenvalue weighted by atomic mass is 9.69. The van der Waals surface area contributed by atoms with Gasteiger partial charge >= 0.3 is 0 Å². The van der Waals surface area contributed by atoms with Crippen LogP contribution in [0.25, 0.3) is 0 Å². The molecule has 0 bridgehead atoms. The Morgan fingerprint density at radius 3 is 2.00 bits per heavy atom. The Labute approximate surface area is 164 Å². The van der Waals surface area contributed by atoms with Crippen molar-refractivity contribution in [1.29, 1.82) is 0 Å². The fraction of sp³-hybridized carbons (Fsp3) is 0.632. The minimum absolute atomic E-state index is 0. The summed E-state index contributed by atoms with van der Waals surface area (Å²) in [6.07, 6.45) is 6.37. The fourth-order valence-corrected chi connectivity index (χ4v) is 3.62. The van der Waals surface area contributed by atoms with Gasteiger partial charge in [-0.25, -0.2) is 0 Å². The molecule has 0 aromatic heterocycles. The van der Waals surface area contributed by atoms with E-state index >= 15 is 0 Å². The maximum atomic E-state index is 5.31. The maximum absolute atomic E-state index is 5.31. The van der Waals surface area contributed by atoms with E-state index in [1.807, 2.05) is 0 Å². The van der Waals surface area contributed by atoms with Gasteiger partial charge in [-0.2, -0.15) is 0 Å². The zero-order valence-corrected chi connectivity index (χ0v) is 18.0. The van der Waals surface area contributed by atoms with E-state index in [1.54, 1.807) is 7.11 Å². The Bertz CT molecular complexity index is 510. The first kappa shape index (κ1) is 21.1. The molecule has 1 fully saturated rings. The molecular weight excluding hydrogens is 413 g/mol. The molecular formula is C19H32IN3O. The summed E-state index contributed by atoms with van der Waals surface area (Å²) in [6, 6.07) is 8.61. The van der Waals surface area contributed by atoms with Gasteiger partial charge in [0.2, 0.25) is 0 Å². The number of hydrogen-bond acceptors (Lipinski definition) is 2. The molecule has 1 aliphatic rings. The third-order valence-electron chi connectivity index (χ3n) is 4.84. The minimum atomic E-state index is 0. The van der Waals surface area contributed by atoms with Gasteiger partial charge in [0.25, 0.3) is 0 Å². The van der Waals surface area contributed by atoms with Crippen molar-refractivity contribution < 1.29 is 4.74 Å². The van der Waals surface area contributed by atoms with Crippen molar-refractivity contribution in [2.45, 2.75) is 37.5 Å². The van der Waals surface area contributed by atoms with Gasteiger partial charge in [-0.1, -0.05) is 31.4 Å². The molecule has 0 unspecified atom stereocenters. The van der Waals surface area contributed by atoms with Crippen LogP contribution in [-0.4, -0.2) is 57.6 Å². The van der Waals surface area contributed by atoms with Crippen LogP contribution in [0.5, 0.6) is 5.75 Å². The van der Waals surface area contributed by atoms with Crippen LogP contribution in [0.4, 0.5) is 0 Å². The SMILES string of the molecule is COc1ccc(C2(CN=C(N(C)C)N(C)C)CCCCC2)cc1.I. The van der Waals surface area contributed by atoms with Crippen LogP contribution in [0.2, 0.25) is 0 Å². The Kier molecular flexibility index (Phi) is 8.33. The molecule has 1 aromatic rings. The molecule has 5 heteroatoms. The number of rotatable bonds is 4. The first-order valence-corrected chi connectivity index (χ1v) is 8.52. The van der Waals surface area contributed by atoms with Crippen molar-refractivity contribution in [2.75, 3.05) is 41.8 Å². The number of halogens is 1. The predicted molar refractivity (Wildman–Crippen MR) is 113 cm³/mol. The van der Waals surface area contributed by atoms with Gasteiger partial charge < -0.3 is 14.5 Å². The third-order valence-corrected chi connectivity index (χ3v) is 4.84. The molecule has 0 amide bonds. The number of hydrogen-bond donors (Lipinski definition) is 0. The van der Waals surface area contributed by atoms with Gasteiger partial charge in [-0.05, 0) is 30.5 Å². The van der Waals surface area contributed by atoms with Crippen LogP contribution in [0.15, 0.2) is 29.3 Å². The average molecular weight is 445 g/mol. The van der Waals surface area contributed by atoms with E-state index in [4.69, 9.17) is 9.73 Å². The topological polar surface area (TPSA) is 28.1 Å². The van der Waals surface area contributed by atoms with Gasteiger partial charge in [0, 0.05) is 33.6 Å². The standard InChI is InChI=1S/C19H31N3O.HI/c1-21(2)18(22(3)4)20-15-19(13-7-6-8-14-19)16-9-11-17(23-5)12-10-16;/h9-12H,6-8,13-15H2,1-5H3;1H. The highest BCUT2D eigenvalue weighted by atomic mass is 127. The number of nitrogens with zero attached hydrogens (tertiary/aromatic N) is 3. The molecule has 0 saturated heterocycles.